The third-order valence-corrected chi connectivity index (χ3v) is 10.3. The Morgan fingerprint density at radius 2 is 1.76 bits per heavy atom. The van der Waals surface area contributed by atoms with Gasteiger partial charge in [-0.15, -0.1) is 0 Å². The molecule has 1 aliphatic heterocycles. The zero-order valence-corrected chi connectivity index (χ0v) is 24.0. The molecule has 42 heavy (non-hydrogen) atoms. The lowest BCUT2D eigenvalue weighted by Gasteiger charge is -2.34. The number of carbonyl (C=O) groups excluding carboxylic acids is 1. The van der Waals surface area contributed by atoms with Crippen LogP contribution in [0.4, 0.5) is 4.39 Å². The highest BCUT2D eigenvalue weighted by Crippen LogP contribution is 2.44. The number of ether oxygens (including phenoxy) is 1. The second-order valence-electron chi connectivity index (χ2n) is 11.5. The molecule has 3 aromatic carbocycles. The maximum absolute atomic E-state index is 14.0. The van der Waals surface area contributed by atoms with Crippen LogP contribution < -0.4 is 5.32 Å². The maximum atomic E-state index is 14.0. The van der Waals surface area contributed by atoms with Crippen molar-refractivity contribution in [1.82, 2.24) is 20.1 Å². The number of amides is 1. The first kappa shape index (κ1) is 26.9. The van der Waals surface area contributed by atoms with Gasteiger partial charge in [0.25, 0.3) is 5.91 Å². The number of carbonyl (C=O) groups is 1. The van der Waals surface area contributed by atoms with Crippen molar-refractivity contribution in [2.45, 2.75) is 42.9 Å². The summed E-state index contributed by atoms with van der Waals surface area (Å²) in [5, 5.41) is 11.9. The molecule has 7 rings (SSSR count). The van der Waals surface area contributed by atoms with Crippen molar-refractivity contribution in [3.8, 4) is 16.8 Å². The van der Waals surface area contributed by atoms with Crippen LogP contribution in [-0.2, 0) is 14.6 Å². The third-order valence-electron chi connectivity index (χ3n) is 8.73. The highest BCUT2D eigenvalue weighted by atomic mass is 32.2. The van der Waals surface area contributed by atoms with Gasteiger partial charge < -0.3 is 14.6 Å². The molecular formula is C32H31FN4O4S. The molecule has 1 aliphatic carbocycles. The summed E-state index contributed by atoms with van der Waals surface area (Å²) in [5.74, 6) is -0.286. The molecule has 8 nitrogen and oxygen atoms in total. The van der Waals surface area contributed by atoms with Gasteiger partial charge in [0.05, 0.1) is 22.5 Å². The van der Waals surface area contributed by atoms with Gasteiger partial charge in [-0.1, -0.05) is 12.1 Å². The Morgan fingerprint density at radius 1 is 1.05 bits per heavy atom. The Bertz CT molecular complexity index is 1900. The average Bonchev–Trinajstić information content (AvgIpc) is 3.55. The molecule has 2 N–H and O–H groups in total. The van der Waals surface area contributed by atoms with Gasteiger partial charge in [0.2, 0.25) is 0 Å². The molecule has 0 unspecified atom stereocenters. The predicted octanol–water partition coefficient (Wildman–Crippen LogP) is 5.51. The largest absolute Gasteiger partial charge is 0.381 e. The molecule has 2 aliphatic rings. The molecular weight excluding hydrogens is 555 g/mol. The summed E-state index contributed by atoms with van der Waals surface area (Å²) in [4.78, 5) is 13.0. The fourth-order valence-corrected chi connectivity index (χ4v) is 7.53. The highest BCUT2D eigenvalue weighted by Gasteiger charge is 2.37. The Hall–Kier alpha value is -4.02. The summed E-state index contributed by atoms with van der Waals surface area (Å²) in [5.41, 5.74) is 6.49. The zero-order valence-electron chi connectivity index (χ0n) is 23.1. The lowest BCUT2D eigenvalue weighted by molar-refractivity contribution is 0.0843. The lowest BCUT2D eigenvalue weighted by atomic mass is 9.89. The SMILES string of the molecule is CS(=O)(=O)[C@H]1C[C@@H](NC(=O)c2ccc(-c3c(C4CCOCC4)n(-c4ccc(F)cc4)c4cc5cn[nH]c5cc34)cc2)C1. The Morgan fingerprint density at radius 3 is 2.45 bits per heavy atom. The van der Waals surface area contributed by atoms with Crippen LogP contribution in [0.1, 0.15) is 47.7 Å². The number of halogens is 1. The number of benzene rings is 3. The van der Waals surface area contributed by atoms with Crippen molar-refractivity contribution in [3.05, 3.63) is 83.9 Å². The van der Waals surface area contributed by atoms with E-state index in [1.54, 1.807) is 6.20 Å². The average molecular weight is 587 g/mol. The maximum Gasteiger partial charge on any atom is 0.251 e. The number of hydrogen-bond acceptors (Lipinski definition) is 5. The van der Waals surface area contributed by atoms with Crippen LogP contribution in [0.5, 0.6) is 0 Å². The van der Waals surface area contributed by atoms with E-state index in [4.69, 9.17) is 4.74 Å². The van der Waals surface area contributed by atoms with Crippen LogP contribution in [-0.4, -0.2) is 59.9 Å². The zero-order chi connectivity index (χ0) is 29.0. The van der Waals surface area contributed by atoms with Crippen molar-refractivity contribution in [1.29, 1.82) is 0 Å². The van der Waals surface area contributed by atoms with E-state index in [-0.39, 0.29) is 28.9 Å². The van der Waals surface area contributed by atoms with E-state index in [9.17, 15) is 17.6 Å². The minimum Gasteiger partial charge on any atom is -0.381 e. The second kappa shape index (κ2) is 10.4. The van der Waals surface area contributed by atoms with Crippen LogP contribution in [0.3, 0.4) is 0 Å². The minimum atomic E-state index is -3.08. The Kier molecular flexibility index (Phi) is 6.62. The molecule has 1 saturated carbocycles. The molecule has 5 aromatic rings. The van der Waals surface area contributed by atoms with Gasteiger partial charge in [0.15, 0.2) is 0 Å². The van der Waals surface area contributed by atoms with Crippen LogP contribution >= 0.6 is 0 Å². The topological polar surface area (TPSA) is 106 Å². The highest BCUT2D eigenvalue weighted by molar-refractivity contribution is 7.91. The van der Waals surface area contributed by atoms with E-state index in [0.29, 0.717) is 31.6 Å². The van der Waals surface area contributed by atoms with Crippen molar-refractivity contribution in [2.75, 3.05) is 19.5 Å². The van der Waals surface area contributed by atoms with Crippen LogP contribution in [0, 0.1) is 5.82 Å². The van der Waals surface area contributed by atoms with Gasteiger partial charge in [-0.05, 0) is 79.8 Å². The summed E-state index contributed by atoms with van der Waals surface area (Å²) < 4.78 is 45.4. The molecule has 2 aromatic heterocycles. The second-order valence-corrected chi connectivity index (χ2v) is 13.8. The smallest absolute Gasteiger partial charge is 0.251 e. The number of nitrogens with zero attached hydrogens (tertiary/aromatic N) is 2. The molecule has 0 radical (unpaired) electrons. The molecule has 216 valence electrons. The van der Waals surface area contributed by atoms with Crippen molar-refractivity contribution in [3.63, 3.8) is 0 Å². The van der Waals surface area contributed by atoms with Gasteiger partial charge in [-0.3, -0.25) is 9.89 Å². The molecule has 0 atom stereocenters. The van der Waals surface area contributed by atoms with Crippen molar-refractivity contribution >= 4 is 37.6 Å². The number of hydrogen-bond donors (Lipinski definition) is 2. The van der Waals surface area contributed by atoms with Crippen molar-refractivity contribution in [2.24, 2.45) is 0 Å². The molecule has 1 amide bonds. The van der Waals surface area contributed by atoms with E-state index >= 15 is 0 Å². The number of aromatic nitrogens is 3. The molecule has 3 heterocycles. The number of sulfone groups is 1. The molecule has 1 saturated heterocycles. The van der Waals surface area contributed by atoms with E-state index in [0.717, 1.165) is 57.2 Å². The minimum absolute atomic E-state index is 0.137. The van der Waals surface area contributed by atoms with Crippen LogP contribution in [0.15, 0.2) is 66.9 Å². The first-order chi connectivity index (χ1) is 20.3. The van der Waals surface area contributed by atoms with Gasteiger partial charge in [-0.25, -0.2) is 12.8 Å². The standard InChI is InChI=1S/C32H31FN4O4S/c1-42(39,40)26-15-24(16-26)35-32(38)21-4-2-19(3-5-21)30-27-17-28-22(18-34-36-28)14-29(27)37(25-8-6-23(33)7-9-25)31(30)20-10-12-41-13-11-20/h2-9,14,17-18,20,24,26H,10-13,15-16H2,1H3,(H,34,36)(H,35,38)/t24-,26+. The van der Waals surface area contributed by atoms with Gasteiger partial charge in [0, 0.05) is 64.7 Å². The fraction of sp³-hybridized carbons (Fsp3) is 0.312. The molecule has 2 fully saturated rings. The quantitative estimate of drug-likeness (QED) is 0.273. The number of fused-ring (bicyclic) bond motifs is 2. The fourth-order valence-electron chi connectivity index (χ4n) is 6.36. The van der Waals surface area contributed by atoms with E-state index in [1.807, 2.05) is 36.4 Å². The summed E-state index contributed by atoms with van der Waals surface area (Å²) in [6.07, 6.45) is 5.66. The summed E-state index contributed by atoms with van der Waals surface area (Å²) in [7, 11) is -3.08. The summed E-state index contributed by atoms with van der Waals surface area (Å²) in [6, 6.07) is 18.3. The molecule has 0 bridgehead atoms. The molecule has 10 heteroatoms. The van der Waals surface area contributed by atoms with E-state index in [1.165, 1.54) is 18.4 Å². The van der Waals surface area contributed by atoms with Gasteiger partial charge in [-0.2, -0.15) is 5.10 Å². The Labute approximate surface area is 242 Å². The number of aromatic amines is 1. The number of rotatable bonds is 6. The van der Waals surface area contributed by atoms with Crippen molar-refractivity contribution < 1.29 is 22.3 Å². The summed E-state index contributed by atoms with van der Waals surface area (Å²) >= 11 is 0. The van der Waals surface area contributed by atoms with Gasteiger partial charge >= 0.3 is 0 Å². The van der Waals surface area contributed by atoms with Gasteiger partial charge in [0.1, 0.15) is 15.7 Å². The van der Waals surface area contributed by atoms with Crippen LogP contribution in [0.2, 0.25) is 0 Å². The number of nitrogens with one attached hydrogen (secondary N) is 2. The monoisotopic (exact) mass is 586 g/mol. The normalized spacial score (nSPS) is 19.7. The number of H-pyrrole nitrogens is 1. The summed E-state index contributed by atoms with van der Waals surface area (Å²) in [6.45, 7) is 1.33. The third kappa shape index (κ3) is 4.78. The molecule has 0 spiro atoms. The van der Waals surface area contributed by atoms with E-state index < -0.39 is 9.84 Å². The predicted molar refractivity (Wildman–Crippen MR) is 160 cm³/mol. The van der Waals surface area contributed by atoms with E-state index in [2.05, 4.69) is 32.2 Å². The lowest BCUT2D eigenvalue weighted by Crippen LogP contribution is -2.49. The Balaban J connectivity index is 1.32. The first-order valence-electron chi connectivity index (χ1n) is 14.2. The van der Waals surface area contributed by atoms with Crippen LogP contribution in [0.25, 0.3) is 38.6 Å². The first-order valence-corrected chi connectivity index (χ1v) is 16.2.